The molecule has 0 aromatic carbocycles. The lowest BCUT2D eigenvalue weighted by Gasteiger charge is -2.25. The van der Waals surface area contributed by atoms with Crippen molar-refractivity contribution in [3.05, 3.63) is 22.1 Å². The van der Waals surface area contributed by atoms with E-state index in [1.807, 2.05) is 25.1 Å². The summed E-state index contributed by atoms with van der Waals surface area (Å²) in [6.07, 6.45) is 3.77. The molecule has 0 radical (unpaired) electrons. The van der Waals surface area contributed by atoms with Crippen LogP contribution in [-0.4, -0.2) is 63.4 Å². The van der Waals surface area contributed by atoms with E-state index in [4.69, 9.17) is 5.73 Å². The number of anilines is 1. The summed E-state index contributed by atoms with van der Waals surface area (Å²) in [5.74, 6) is 0.365. The third-order valence-corrected chi connectivity index (χ3v) is 5.36. The molecular weight excluding hydrogens is 314 g/mol. The molecule has 0 spiro atoms. The number of nitrogen functional groups attached to an aromatic ring is 1. The maximum atomic E-state index is 12.4. The van der Waals surface area contributed by atoms with Crippen molar-refractivity contribution in [1.82, 2.24) is 19.8 Å². The van der Waals surface area contributed by atoms with Crippen molar-refractivity contribution in [3.63, 3.8) is 0 Å². The number of nitrogens with one attached hydrogen (secondary N) is 1. The number of likely N-dealkylation sites (tertiary alicyclic amines) is 1. The molecule has 128 valence electrons. The Morgan fingerprint density at radius 3 is 3.00 bits per heavy atom. The van der Waals surface area contributed by atoms with Gasteiger partial charge >= 0.3 is 0 Å². The average Bonchev–Trinajstić information content (AvgIpc) is 2.97. The molecule has 2 atom stereocenters. The van der Waals surface area contributed by atoms with Crippen LogP contribution in [0.1, 0.15) is 25.5 Å². The van der Waals surface area contributed by atoms with Gasteiger partial charge in [-0.3, -0.25) is 19.5 Å². The highest BCUT2D eigenvalue weighted by Gasteiger charge is 2.31. The van der Waals surface area contributed by atoms with Gasteiger partial charge in [0.25, 0.3) is 5.56 Å². The van der Waals surface area contributed by atoms with E-state index in [-0.39, 0.29) is 28.7 Å². The maximum Gasteiger partial charge on any atom is 0.252 e. The first-order chi connectivity index (χ1) is 10.9. The number of thioether (sulfide) groups is 1. The quantitative estimate of drug-likeness (QED) is 0.785. The van der Waals surface area contributed by atoms with Crippen molar-refractivity contribution < 1.29 is 4.79 Å². The van der Waals surface area contributed by atoms with Crippen molar-refractivity contribution in [2.24, 2.45) is 0 Å². The van der Waals surface area contributed by atoms with E-state index in [1.54, 1.807) is 11.8 Å². The Hall–Kier alpha value is -1.54. The number of carbonyl (C=O) groups is 1. The number of aromatic nitrogens is 2. The Bertz CT molecular complexity index is 602. The minimum atomic E-state index is -0.241. The number of hydrogen-bond acceptors (Lipinski definition) is 6. The Morgan fingerprint density at radius 1 is 1.65 bits per heavy atom. The normalized spacial score (nSPS) is 19.3. The second-order valence-electron chi connectivity index (χ2n) is 5.90. The van der Waals surface area contributed by atoms with Gasteiger partial charge in [0, 0.05) is 31.7 Å². The van der Waals surface area contributed by atoms with Crippen molar-refractivity contribution in [1.29, 1.82) is 0 Å². The van der Waals surface area contributed by atoms with E-state index < -0.39 is 0 Å². The second-order valence-corrected chi connectivity index (χ2v) is 6.94. The highest BCUT2D eigenvalue weighted by Crippen LogP contribution is 2.21. The first-order valence-corrected chi connectivity index (χ1v) is 9.11. The molecule has 1 aliphatic rings. The van der Waals surface area contributed by atoms with E-state index in [2.05, 4.69) is 14.9 Å². The molecule has 2 rings (SSSR count). The zero-order valence-electron chi connectivity index (χ0n) is 13.9. The van der Waals surface area contributed by atoms with Crippen LogP contribution in [0.4, 0.5) is 5.95 Å². The molecule has 1 aromatic rings. The molecular formula is C15H25N5O2S. The number of carbonyl (C=O) groups excluding carboxylic acids is 1. The molecule has 7 nitrogen and oxygen atoms in total. The molecule has 2 unspecified atom stereocenters. The van der Waals surface area contributed by atoms with Crippen molar-refractivity contribution in [3.8, 4) is 0 Å². The zero-order valence-corrected chi connectivity index (χ0v) is 14.7. The number of nitrogens with two attached hydrogens (primary N) is 1. The minimum Gasteiger partial charge on any atom is -0.369 e. The van der Waals surface area contributed by atoms with Crippen LogP contribution in [0, 0.1) is 0 Å². The standard InChI is InChI=1S/C15H25N5O2S/c1-4-12(23-3)14(22)20-6-5-11(9-20)19(2)8-10-7-13(21)18-15(16)17-10/h7,11-12H,4-6,8-9H2,1-3H3,(H3,16,17,18,21). The van der Waals surface area contributed by atoms with E-state index in [1.165, 1.54) is 6.07 Å². The smallest absolute Gasteiger partial charge is 0.252 e. The van der Waals surface area contributed by atoms with Gasteiger partial charge in [0.15, 0.2) is 0 Å². The van der Waals surface area contributed by atoms with Crippen molar-refractivity contribution in [2.75, 3.05) is 32.1 Å². The summed E-state index contributed by atoms with van der Waals surface area (Å²) in [6.45, 7) is 4.10. The van der Waals surface area contributed by atoms with Gasteiger partial charge in [0.05, 0.1) is 10.9 Å². The molecule has 1 fully saturated rings. The topological polar surface area (TPSA) is 95.3 Å². The number of hydrogen-bond donors (Lipinski definition) is 2. The first kappa shape index (κ1) is 17.8. The van der Waals surface area contributed by atoms with Gasteiger partial charge in [0.1, 0.15) is 0 Å². The molecule has 8 heteroatoms. The largest absolute Gasteiger partial charge is 0.369 e. The Labute approximate surface area is 140 Å². The fourth-order valence-electron chi connectivity index (χ4n) is 2.94. The predicted molar refractivity (Wildman–Crippen MR) is 93.3 cm³/mol. The second kappa shape index (κ2) is 7.83. The third-order valence-electron chi connectivity index (χ3n) is 4.25. The van der Waals surface area contributed by atoms with Crippen LogP contribution in [-0.2, 0) is 11.3 Å². The lowest BCUT2D eigenvalue weighted by Crippen LogP contribution is -2.39. The molecule has 1 amide bonds. The fraction of sp³-hybridized carbons (Fsp3) is 0.667. The van der Waals surface area contributed by atoms with E-state index in [0.717, 1.165) is 25.9 Å². The number of H-pyrrole nitrogens is 1. The SMILES string of the molecule is CCC(SC)C(=O)N1CCC(N(C)Cc2cc(=O)[nH]c(N)n2)C1. The van der Waals surface area contributed by atoms with Gasteiger partial charge in [-0.25, -0.2) is 4.98 Å². The van der Waals surface area contributed by atoms with Gasteiger partial charge in [0.2, 0.25) is 11.9 Å². The molecule has 2 heterocycles. The molecule has 0 saturated carbocycles. The average molecular weight is 339 g/mol. The number of amides is 1. The van der Waals surface area contributed by atoms with Gasteiger partial charge in [-0.05, 0) is 26.1 Å². The van der Waals surface area contributed by atoms with Crippen LogP contribution in [0.25, 0.3) is 0 Å². The molecule has 1 aromatic heterocycles. The molecule has 1 saturated heterocycles. The van der Waals surface area contributed by atoms with Crippen LogP contribution in [0.3, 0.4) is 0 Å². The fourth-order valence-corrected chi connectivity index (χ4v) is 3.63. The summed E-state index contributed by atoms with van der Waals surface area (Å²) in [6, 6.07) is 1.74. The number of rotatable bonds is 6. The van der Waals surface area contributed by atoms with Crippen LogP contribution >= 0.6 is 11.8 Å². The van der Waals surface area contributed by atoms with Crippen LogP contribution < -0.4 is 11.3 Å². The van der Waals surface area contributed by atoms with Crippen LogP contribution in [0.2, 0.25) is 0 Å². The zero-order chi connectivity index (χ0) is 17.0. The van der Waals surface area contributed by atoms with Gasteiger partial charge in [-0.2, -0.15) is 11.8 Å². The Balaban J connectivity index is 1.95. The number of likely N-dealkylation sites (N-methyl/N-ethyl adjacent to an activating group) is 1. The summed E-state index contributed by atoms with van der Waals surface area (Å²) in [4.78, 5) is 34.6. The molecule has 23 heavy (non-hydrogen) atoms. The van der Waals surface area contributed by atoms with E-state index in [0.29, 0.717) is 12.2 Å². The van der Waals surface area contributed by atoms with Crippen molar-refractivity contribution >= 4 is 23.6 Å². The van der Waals surface area contributed by atoms with E-state index >= 15 is 0 Å². The summed E-state index contributed by atoms with van der Waals surface area (Å²) >= 11 is 1.61. The van der Waals surface area contributed by atoms with Gasteiger partial charge in [-0.1, -0.05) is 6.92 Å². The summed E-state index contributed by atoms with van der Waals surface area (Å²) < 4.78 is 0. The molecule has 3 N–H and O–H groups in total. The van der Waals surface area contributed by atoms with Gasteiger partial charge < -0.3 is 10.6 Å². The lowest BCUT2D eigenvalue weighted by atomic mass is 10.2. The minimum absolute atomic E-state index is 0.0493. The monoisotopic (exact) mass is 339 g/mol. The van der Waals surface area contributed by atoms with Crippen LogP contribution in [0.15, 0.2) is 10.9 Å². The summed E-state index contributed by atoms with van der Waals surface area (Å²) in [7, 11) is 1.99. The number of nitrogens with zero attached hydrogens (tertiary/aromatic N) is 3. The number of aromatic amines is 1. The summed E-state index contributed by atoms with van der Waals surface area (Å²) in [5, 5.41) is 0.0493. The maximum absolute atomic E-state index is 12.4. The first-order valence-electron chi connectivity index (χ1n) is 7.82. The lowest BCUT2D eigenvalue weighted by molar-refractivity contribution is -0.129. The third kappa shape index (κ3) is 4.48. The van der Waals surface area contributed by atoms with Crippen molar-refractivity contribution in [2.45, 2.75) is 37.6 Å². The highest BCUT2D eigenvalue weighted by molar-refractivity contribution is 7.99. The van der Waals surface area contributed by atoms with E-state index in [9.17, 15) is 9.59 Å². The Morgan fingerprint density at radius 2 is 2.39 bits per heavy atom. The van der Waals surface area contributed by atoms with Gasteiger partial charge in [-0.15, -0.1) is 0 Å². The highest BCUT2D eigenvalue weighted by atomic mass is 32.2. The molecule has 1 aliphatic heterocycles. The predicted octanol–water partition coefficient (Wildman–Crippen LogP) is 0.526. The molecule has 0 bridgehead atoms. The molecule has 0 aliphatic carbocycles. The summed E-state index contributed by atoms with van der Waals surface area (Å²) in [5.41, 5.74) is 5.98. The van der Waals surface area contributed by atoms with Crippen LogP contribution in [0.5, 0.6) is 0 Å². The Kier molecular flexibility index (Phi) is 6.06.